The van der Waals surface area contributed by atoms with Crippen molar-refractivity contribution in [2.45, 2.75) is 36.7 Å². The molecule has 0 amide bonds. The van der Waals surface area contributed by atoms with Crippen molar-refractivity contribution in [1.82, 2.24) is 14.5 Å². The van der Waals surface area contributed by atoms with E-state index in [1.807, 2.05) is 30.8 Å². The van der Waals surface area contributed by atoms with Crippen LogP contribution in [-0.4, -0.2) is 42.4 Å². The van der Waals surface area contributed by atoms with Gasteiger partial charge in [0, 0.05) is 17.5 Å². The number of aryl methyl sites for hydroxylation is 1. The van der Waals surface area contributed by atoms with E-state index >= 15 is 0 Å². The minimum absolute atomic E-state index is 0.0279. The fourth-order valence-corrected chi connectivity index (χ4v) is 4.46. The van der Waals surface area contributed by atoms with Crippen LogP contribution in [0.15, 0.2) is 17.3 Å². The highest BCUT2D eigenvalue weighted by Gasteiger charge is 2.21. The molecule has 0 spiro atoms. The Morgan fingerprint density at radius 2 is 2.38 bits per heavy atom. The molecule has 0 saturated carbocycles. The minimum Gasteiger partial charge on any atom is -0.481 e. The molecule has 5 nitrogen and oxygen atoms in total. The normalized spacial score (nSPS) is 18.4. The zero-order valence-electron chi connectivity index (χ0n) is 11.8. The quantitative estimate of drug-likeness (QED) is 0.853. The topological polar surface area (TPSA) is 68.0 Å². The monoisotopic (exact) mass is 323 g/mol. The van der Waals surface area contributed by atoms with E-state index in [0.29, 0.717) is 5.25 Å². The Hall–Kier alpha value is -1.21. The van der Waals surface area contributed by atoms with Crippen molar-refractivity contribution in [3.05, 3.63) is 17.8 Å². The average Bonchev–Trinajstić information content (AvgIpc) is 3.06. The summed E-state index contributed by atoms with van der Waals surface area (Å²) in [6.45, 7) is 2.82. The molecule has 1 unspecified atom stereocenters. The van der Waals surface area contributed by atoms with E-state index < -0.39 is 5.97 Å². The predicted octanol–water partition coefficient (Wildman–Crippen LogP) is 2.81. The summed E-state index contributed by atoms with van der Waals surface area (Å²) in [6.07, 6.45) is 2.46. The average molecular weight is 323 g/mol. The lowest BCUT2D eigenvalue weighted by Crippen LogP contribution is -2.12. The van der Waals surface area contributed by atoms with Crippen LogP contribution in [0.4, 0.5) is 0 Å². The maximum atomic E-state index is 10.8. The van der Waals surface area contributed by atoms with Crippen molar-refractivity contribution in [2.24, 2.45) is 0 Å². The van der Waals surface area contributed by atoms with Gasteiger partial charge in [-0.15, -0.1) is 0 Å². The van der Waals surface area contributed by atoms with Crippen LogP contribution in [0.1, 0.15) is 18.5 Å². The van der Waals surface area contributed by atoms with E-state index in [4.69, 9.17) is 5.11 Å². The summed E-state index contributed by atoms with van der Waals surface area (Å²) in [6, 6.07) is 3.90. The van der Waals surface area contributed by atoms with Crippen LogP contribution < -0.4 is 0 Å². The lowest BCUT2D eigenvalue weighted by molar-refractivity contribution is -0.133. The van der Waals surface area contributed by atoms with Crippen LogP contribution in [0.3, 0.4) is 0 Å². The molecule has 0 aromatic carbocycles. The van der Waals surface area contributed by atoms with E-state index in [0.717, 1.165) is 28.6 Å². The first-order valence-electron chi connectivity index (χ1n) is 6.93. The van der Waals surface area contributed by atoms with Gasteiger partial charge >= 0.3 is 5.97 Å². The number of hydrogen-bond donors (Lipinski definition) is 1. The Kier molecular flexibility index (Phi) is 4.40. The summed E-state index contributed by atoms with van der Waals surface area (Å²) in [5, 5.41) is 10.2. The second kappa shape index (κ2) is 6.27. The maximum Gasteiger partial charge on any atom is 0.313 e. The number of aliphatic carboxylic acids is 1. The molecule has 0 radical (unpaired) electrons. The molecular weight excluding hydrogens is 306 g/mol. The smallest absolute Gasteiger partial charge is 0.313 e. The Morgan fingerprint density at radius 1 is 1.52 bits per heavy atom. The first-order valence-corrected chi connectivity index (χ1v) is 8.97. The molecule has 1 N–H and O–H groups in total. The molecule has 0 bridgehead atoms. The molecule has 2 aromatic heterocycles. The van der Waals surface area contributed by atoms with Crippen molar-refractivity contribution in [1.29, 1.82) is 0 Å². The summed E-state index contributed by atoms with van der Waals surface area (Å²) in [7, 11) is 0. The maximum absolute atomic E-state index is 10.8. The van der Waals surface area contributed by atoms with E-state index in [2.05, 4.69) is 14.5 Å². The van der Waals surface area contributed by atoms with E-state index in [1.54, 1.807) is 0 Å². The van der Waals surface area contributed by atoms with Crippen LogP contribution in [0.2, 0.25) is 0 Å². The Labute approximate surface area is 131 Å². The molecule has 21 heavy (non-hydrogen) atoms. The number of pyridine rings is 1. The molecule has 1 fully saturated rings. The van der Waals surface area contributed by atoms with Crippen LogP contribution in [-0.2, 0) is 11.3 Å². The highest BCUT2D eigenvalue weighted by molar-refractivity contribution is 8.00. The number of thioether (sulfide) groups is 2. The molecule has 1 aliphatic rings. The fraction of sp³-hybridized carbons (Fsp3) is 0.500. The summed E-state index contributed by atoms with van der Waals surface area (Å²) < 4.78 is 2.10. The van der Waals surface area contributed by atoms with Crippen LogP contribution in [0.25, 0.3) is 11.2 Å². The van der Waals surface area contributed by atoms with Gasteiger partial charge in [0.2, 0.25) is 0 Å². The van der Waals surface area contributed by atoms with Gasteiger partial charge < -0.3 is 9.67 Å². The molecule has 0 aliphatic carbocycles. The molecule has 2 aromatic rings. The number of rotatable bonds is 5. The summed E-state index contributed by atoms with van der Waals surface area (Å²) in [5.41, 5.74) is 2.67. The summed E-state index contributed by atoms with van der Waals surface area (Å²) in [4.78, 5) is 20.0. The second-order valence-electron chi connectivity index (χ2n) is 5.12. The highest BCUT2D eigenvalue weighted by Crippen LogP contribution is 2.31. The number of carboxylic acids is 1. The van der Waals surface area contributed by atoms with Gasteiger partial charge in [0.05, 0.1) is 5.75 Å². The second-order valence-corrected chi connectivity index (χ2v) is 7.47. The lowest BCUT2D eigenvalue weighted by Gasteiger charge is -2.12. The van der Waals surface area contributed by atoms with Gasteiger partial charge in [0.15, 0.2) is 10.8 Å². The Bertz CT molecular complexity index is 666. The predicted molar refractivity (Wildman–Crippen MR) is 86.1 cm³/mol. The number of fused-ring (bicyclic) bond motifs is 1. The first-order chi connectivity index (χ1) is 10.1. The third kappa shape index (κ3) is 3.35. The number of carboxylic acid groups (broad SMARTS) is 1. The van der Waals surface area contributed by atoms with Crippen molar-refractivity contribution >= 4 is 40.7 Å². The van der Waals surface area contributed by atoms with Gasteiger partial charge in [0.25, 0.3) is 0 Å². The van der Waals surface area contributed by atoms with Gasteiger partial charge in [-0.1, -0.05) is 11.8 Å². The van der Waals surface area contributed by atoms with Crippen LogP contribution in [0.5, 0.6) is 0 Å². The molecule has 3 heterocycles. The SMILES string of the molecule is Cc1ccc2nc(SCC(=O)O)n(CC3CCCS3)c2n1. The number of nitrogens with zero attached hydrogens (tertiary/aromatic N) is 3. The molecule has 1 atom stereocenters. The van der Waals surface area contributed by atoms with Crippen LogP contribution in [0, 0.1) is 6.92 Å². The van der Waals surface area contributed by atoms with Gasteiger partial charge in [-0.05, 0) is 37.7 Å². The van der Waals surface area contributed by atoms with Gasteiger partial charge in [-0.25, -0.2) is 9.97 Å². The van der Waals surface area contributed by atoms with Gasteiger partial charge in [-0.2, -0.15) is 11.8 Å². The third-order valence-electron chi connectivity index (χ3n) is 3.43. The van der Waals surface area contributed by atoms with E-state index in [9.17, 15) is 4.79 Å². The molecule has 3 rings (SSSR count). The number of imidazole rings is 1. The molecule has 7 heteroatoms. The Balaban J connectivity index is 1.96. The summed E-state index contributed by atoms with van der Waals surface area (Å²) in [5.74, 6) is 0.416. The Morgan fingerprint density at radius 3 is 3.10 bits per heavy atom. The first kappa shape index (κ1) is 14.7. The van der Waals surface area contributed by atoms with Gasteiger partial charge in [-0.3, -0.25) is 4.79 Å². The minimum atomic E-state index is -0.821. The van der Waals surface area contributed by atoms with Crippen LogP contribution >= 0.6 is 23.5 Å². The van der Waals surface area contributed by atoms with Crippen molar-refractivity contribution in [2.75, 3.05) is 11.5 Å². The zero-order chi connectivity index (χ0) is 14.8. The van der Waals surface area contributed by atoms with Crippen molar-refractivity contribution in [3.8, 4) is 0 Å². The van der Waals surface area contributed by atoms with Crippen molar-refractivity contribution < 1.29 is 9.90 Å². The number of aromatic nitrogens is 3. The molecule has 1 saturated heterocycles. The van der Waals surface area contributed by atoms with Gasteiger partial charge in [0.1, 0.15) is 5.52 Å². The highest BCUT2D eigenvalue weighted by atomic mass is 32.2. The zero-order valence-corrected chi connectivity index (χ0v) is 13.4. The lowest BCUT2D eigenvalue weighted by atomic mass is 10.2. The molecule has 1 aliphatic heterocycles. The number of hydrogen-bond acceptors (Lipinski definition) is 5. The third-order valence-corrected chi connectivity index (χ3v) is 5.77. The number of carbonyl (C=O) groups is 1. The standard InChI is InChI=1S/C14H17N3O2S2/c1-9-4-5-11-13(15-9)17(7-10-3-2-6-20-10)14(16-11)21-8-12(18)19/h4-5,10H,2-3,6-8H2,1H3,(H,18,19). The summed E-state index contributed by atoms with van der Waals surface area (Å²) >= 11 is 3.26. The van der Waals surface area contributed by atoms with Crippen molar-refractivity contribution in [3.63, 3.8) is 0 Å². The fourth-order valence-electron chi connectivity index (χ4n) is 2.47. The molecule has 112 valence electrons. The van der Waals surface area contributed by atoms with E-state index in [1.165, 1.54) is 30.4 Å². The molecular formula is C14H17N3O2S2. The largest absolute Gasteiger partial charge is 0.481 e. The van der Waals surface area contributed by atoms with E-state index in [-0.39, 0.29) is 5.75 Å².